The highest BCUT2D eigenvalue weighted by Crippen LogP contribution is 2.27. The van der Waals surface area contributed by atoms with Gasteiger partial charge in [0.1, 0.15) is 5.82 Å². The predicted octanol–water partition coefficient (Wildman–Crippen LogP) is 3.15. The second kappa shape index (κ2) is 5.30. The van der Waals surface area contributed by atoms with Crippen molar-refractivity contribution >= 4 is 17.2 Å². The molecule has 0 aliphatic heterocycles. The third kappa shape index (κ3) is 2.70. The predicted molar refractivity (Wildman–Crippen MR) is 76.0 cm³/mol. The molecule has 0 atom stereocenters. The molecule has 1 aromatic carbocycles. The van der Waals surface area contributed by atoms with E-state index in [1.807, 2.05) is 7.05 Å². The van der Waals surface area contributed by atoms with Gasteiger partial charge in [0.15, 0.2) is 5.82 Å². The maximum absolute atomic E-state index is 13.2. The van der Waals surface area contributed by atoms with Crippen molar-refractivity contribution in [1.82, 2.24) is 9.78 Å². The Morgan fingerprint density at radius 1 is 1.42 bits per heavy atom. The van der Waals surface area contributed by atoms with Crippen LogP contribution in [0.15, 0.2) is 18.2 Å². The third-order valence-corrected chi connectivity index (χ3v) is 3.07. The van der Waals surface area contributed by atoms with Crippen molar-refractivity contribution in [2.45, 2.75) is 26.7 Å². The normalized spacial score (nSPS) is 10.7. The van der Waals surface area contributed by atoms with E-state index in [0.717, 1.165) is 30.0 Å². The molecular weight excluding hydrogens is 243 g/mol. The number of nitrogen functional groups attached to an aromatic ring is 1. The van der Waals surface area contributed by atoms with E-state index in [1.165, 1.54) is 6.07 Å². The lowest BCUT2D eigenvalue weighted by Crippen LogP contribution is -2.01. The summed E-state index contributed by atoms with van der Waals surface area (Å²) in [7, 11) is 1.84. The molecule has 2 rings (SSSR count). The standard InChI is InChI=1S/C14H19FN4/c1-4-5-12-13(16)14(19(3)18-12)17-10-6-7-11(15)9(2)8-10/h6-8,17H,4-5,16H2,1-3H3. The van der Waals surface area contributed by atoms with Crippen LogP contribution in [0, 0.1) is 12.7 Å². The molecule has 5 heteroatoms. The lowest BCUT2D eigenvalue weighted by molar-refractivity contribution is 0.619. The van der Waals surface area contributed by atoms with Crippen LogP contribution in [0.5, 0.6) is 0 Å². The number of aryl methyl sites for hydroxylation is 3. The number of halogens is 1. The van der Waals surface area contributed by atoms with Crippen molar-refractivity contribution in [3.05, 3.63) is 35.3 Å². The Balaban J connectivity index is 2.30. The molecule has 1 heterocycles. The Labute approximate surface area is 112 Å². The van der Waals surface area contributed by atoms with Gasteiger partial charge in [-0.3, -0.25) is 4.68 Å². The average Bonchev–Trinajstić information content (AvgIpc) is 2.62. The molecule has 0 fully saturated rings. The van der Waals surface area contributed by atoms with Gasteiger partial charge in [0.2, 0.25) is 0 Å². The van der Waals surface area contributed by atoms with Crippen LogP contribution in [0.1, 0.15) is 24.6 Å². The van der Waals surface area contributed by atoms with E-state index in [0.29, 0.717) is 11.3 Å². The van der Waals surface area contributed by atoms with Crippen LogP contribution in [0.25, 0.3) is 0 Å². The van der Waals surface area contributed by atoms with Crippen molar-refractivity contribution in [3.8, 4) is 0 Å². The summed E-state index contributed by atoms with van der Waals surface area (Å²) in [5, 5.41) is 7.59. The third-order valence-electron chi connectivity index (χ3n) is 3.07. The van der Waals surface area contributed by atoms with E-state index in [-0.39, 0.29) is 5.82 Å². The Hall–Kier alpha value is -2.04. The van der Waals surface area contributed by atoms with Gasteiger partial charge in [-0.25, -0.2) is 4.39 Å². The number of rotatable bonds is 4. The number of nitrogens with one attached hydrogen (secondary N) is 1. The van der Waals surface area contributed by atoms with Gasteiger partial charge in [0.05, 0.1) is 11.4 Å². The minimum Gasteiger partial charge on any atom is -0.394 e. The molecule has 0 saturated carbocycles. The molecule has 4 nitrogen and oxygen atoms in total. The SMILES string of the molecule is CCCc1nn(C)c(Nc2ccc(F)c(C)c2)c1N. The summed E-state index contributed by atoms with van der Waals surface area (Å²) in [4.78, 5) is 0. The number of benzene rings is 1. The second-order valence-electron chi connectivity index (χ2n) is 4.67. The molecule has 0 aliphatic rings. The Bertz CT molecular complexity index is 589. The van der Waals surface area contributed by atoms with Gasteiger partial charge >= 0.3 is 0 Å². The number of anilines is 3. The summed E-state index contributed by atoms with van der Waals surface area (Å²) in [6, 6.07) is 4.88. The fraction of sp³-hybridized carbons (Fsp3) is 0.357. The van der Waals surface area contributed by atoms with Crippen molar-refractivity contribution in [3.63, 3.8) is 0 Å². The van der Waals surface area contributed by atoms with E-state index < -0.39 is 0 Å². The van der Waals surface area contributed by atoms with Crippen LogP contribution in [-0.2, 0) is 13.5 Å². The highest BCUT2D eigenvalue weighted by atomic mass is 19.1. The lowest BCUT2D eigenvalue weighted by atomic mass is 10.2. The van der Waals surface area contributed by atoms with Crippen LogP contribution in [-0.4, -0.2) is 9.78 Å². The summed E-state index contributed by atoms with van der Waals surface area (Å²) in [6.07, 6.45) is 1.85. The maximum Gasteiger partial charge on any atom is 0.152 e. The van der Waals surface area contributed by atoms with Gasteiger partial charge in [-0.2, -0.15) is 5.10 Å². The molecule has 19 heavy (non-hydrogen) atoms. The minimum atomic E-state index is -0.213. The van der Waals surface area contributed by atoms with Gasteiger partial charge < -0.3 is 11.1 Å². The molecule has 0 radical (unpaired) electrons. The highest BCUT2D eigenvalue weighted by molar-refractivity contribution is 5.71. The number of hydrogen-bond acceptors (Lipinski definition) is 3. The molecule has 0 spiro atoms. The highest BCUT2D eigenvalue weighted by Gasteiger charge is 2.13. The van der Waals surface area contributed by atoms with E-state index in [9.17, 15) is 4.39 Å². The molecule has 0 saturated heterocycles. The lowest BCUT2D eigenvalue weighted by Gasteiger charge is -2.08. The van der Waals surface area contributed by atoms with Crippen molar-refractivity contribution < 1.29 is 4.39 Å². The van der Waals surface area contributed by atoms with E-state index in [1.54, 1.807) is 23.7 Å². The van der Waals surface area contributed by atoms with Crippen molar-refractivity contribution in [2.24, 2.45) is 7.05 Å². The zero-order valence-corrected chi connectivity index (χ0v) is 11.5. The summed E-state index contributed by atoms with van der Waals surface area (Å²) in [5.41, 5.74) is 9.04. The number of nitrogens with zero attached hydrogens (tertiary/aromatic N) is 2. The Morgan fingerprint density at radius 3 is 2.79 bits per heavy atom. The summed E-state index contributed by atoms with van der Waals surface area (Å²) in [6.45, 7) is 3.82. The van der Waals surface area contributed by atoms with Crippen LogP contribution in [0.2, 0.25) is 0 Å². The average molecular weight is 262 g/mol. The maximum atomic E-state index is 13.2. The fourth-order valence-electron chi connectivity index (χ4n) is 2.02. The van der Waals surface area contributed by atoms with Gasteiger partial charge in [-0.05, 0) is 37.1 Å². The summed E-state index contributed by atoms with van der Waals surface area (Å²) < 4.78 is 15.0. The van der Waals surface area contributed by atoms with E-state index in [2.05, 4.69) is 17.3 Å². The van der Waals surface area contributed by atoms with Gasteiger partial charge in [0, 0.05) is 12.7 Å². The van der Waals surface area contributed by atoms with Crippen LogP contribution < -0.4 is 11.1 Å². The molecular formula is C14H19FN4. The van der Waals surface area contributed by atoms with Crippen molar-refractivity contribution in [2.75, 3.05) is 11.1 Å². The van der Waals surface area contributed by atoms with Crippen molar-refractivity contribution in [1.29, 1.82) is 0 Å². The van der Waals surface area contributed by atoms with Crippen LogP contribution >= 0.6 is 0 Å². The van der Waals surface area contributed by atoms with Gasteiger partial charge in [0.25, 0.3) is 0 Å². The molecule has 0 bridgehead atoms. The molecule has 0 unspecified atom stereocenters. The number of aromatic nitrogens is 2. The minimum absolute atomic E-state index is 0.213. The van der Waals surface area contributed by atoms with E-state index >= 15 is 0 Å². The molecule has 3 N–H and O–H groups in total. The monoisotopic (exact) mass is 262 g/mol. The number of hydrogen-bond donors (Lipinski definition) is 2. The first kappa shape index (κ1) is 13.4. The zero-order chi connectivity index (χ0) is 14.0. The van der Waals surface area contributed by atoms with Crippen LogP contribution in [0.3, 0.4) is 0 Å². The van der Waals surface area contributed by atoms with Gasteiger partial charge in [-0.15, -0.1) is 0 Å². The quantitative estimate of drug-likeness (QED) is 0.890. The smallest absolute Gasteiger partial charge is 0.152 e. The fourth-order valence-corrected chi connectivity index (χ4v) is 2.02. The molecule has 1 aromatic heterocycles. The summed E-state index contributed by atoms with van der Waals surface area (Å²) >= 11 is 0. The Morgan fingerprint density at radius 2 is 2.16 bits per heavy atom. The van der Waals surface area contributed by atoms with Gasteiger partial charge in [-0.1, -0.05) is 13.3 Å². The first-order valence-corrected chi connectivity index (χ1v) is 6.37. The second-order valence-corrected chi connectivity index (χ2v) is 4.67. The topological polar surface area (TPSA) is 55.9 Å². The molecule has 0 aliphatic carbocycles. The Kier molecular flexibility index (Phi) is 3.74. The van der Waals surface area contributed by atoms with E-state index in [4.69, 9.17) is 5.73 Å². The largest absolute Gasteiger partial charge is 0.394 e. The molecule has 0 amide bonds. The number of nitrogens with two attached hydrogens (primary N) is 1. The summed E-state index contributed by atoms with van der Waals surface area (Å²) in [5.74, 6) is 0.532. The van der Waals surface area contributed by atoms with Crippen LogP contribution in [0.4, 0.5) is 21.6 Å². The first-order chi connectivity index (χ1) is 9.02. The first-order valence-electron chi connectivity index (χ1n) is 6.37. The molecule has 102 valence electrons. The zero-order valence-electron chi connectivity index (χ0n) is 11.5. The molecule has 2 aromatic rings.